The first-order valence-electron chi connectivity index (χ1n) is 16.4. The molecular formula is C45H59N. The van der Waals surface area contributed by atoms with Gasteiger partial charge in [-0.15, -0.1) is 6.58 Å². The molecule has 0 heterocycles. The van der Waals surface area contributed by atoms with Gasteiger partial charge in [-0.2, -0.15) is 0 Å². The van der Waals surface area contributed by atoms with Crippen LogP contribution in [0.5, 0.6) is 0 Å². The van der Waals surface area contributed by atoms with E-state index in [1.807, 2.05) is 39.0 Å². The molecule has 0 radical (unpaired) electrons. The molecule has 0 aliphatic heterocycles. The largest absolute Gasteiger partial charge is 0.384 e. The molecule has 0 saturated carbocycles. The molecule has 0 bridgehead atoms. The van der Waals surface area contributed by atoms with Crippen molar-refractivity contribution in [3.63, 3.8) is 0 Å². The molecule has 0 spiro atoms. The molecule has 1 heteroatoms. The van der Waals surface area contributed by atoms with E-state index in [-0.39, 0.29) is 0 Å². The Balaban J connectivity index is 0.000000509. The topological polar surface area (TPSA) is 12.0 Å². The summed E-state index contributed by atoms with van der Waals surface area (Å²) >= 11 is 0. The maximum atomic E-state index is 3.94. The highest BCUT2D eigenvalue weighted by Gasteiger charge is 2.10. The first-order chi connectivity index (χ1) is 21.8. The van der Waals surface area contributed by atoms with Gasteiger partial charge in [-0.3, -0.25) is 0 Å². The Kier molecular flexibility index (Phi) is 17.8. The molecule has 0 aromatic heterocycles. The zero-order valence-corrected chi connectivity index (χ0v) is 30.5. The van der Waals surface area contributed by atoms with E-state index in [0.29, 0.717) is 0 Å². The smallest absolute Gasteiger partial charge is 0.0397 e. The average molecular weight is 614 g/mol. The van der Waals surface area contributed by atoms with E-state index in [2.05, 4.69) is 147 Å². The highest BCUT2D eigenvalue weighted by atomic mass is 14.9. The molecule has 0 saturated heterocycles. The van der Waals surface area contributed by atoms with Crippen molar-refractivity contribution < 1.29 is 0 Å². The van der Waals surface area contributed by atoms with Gasteiger partial charge in [0.05, 0.1) is 0 Å². The van der Waals surface area contributed by atoms with E-state index in [9.17, 15) is 0 Å². The monoisotopic (exact) mass is 613 g/mol. The fourth-order valence-corrected chi connectivity index (χ4v) is 4.61. The van der Waals surface area contributed by atoms with Crippen LogP contribution in [0.4, 0.5) is 0 Å². The summed E-state index contributed by atoms with van der Waals surface area (Å²) in [6.07, 6.45) is 6.39. The lowest BCUT2D eigenvalue weighted by atomic mass is 9.91. The molecule has 0 unspecified atom stereocenters. The molecule has 244 valence electrons. The summed E-state index contributed by atoms with van der Waals surface area (Å²) in [5.74, 6) is 0. The molecule has 0 amide bonds. The van der Waals surface area contributed by atoms with E-state index in [0.717, 1.165) is 36.2 Å². The Bertz CT molecular complexity index is 1550. The van der Waals surface area contributed by atoms with E-state index >= 15 is 0 Å². The number of hydrogen-bond acceptors (Lipinski definition) is 1. The number of benzene rings is 3. The Morgan fingerprint density at radius 3 is 1.63 bits per heavy atom. The lowest BCUT2D eigenvalue weighted by Crippen LogP contribution is -2.11. The predicted molar refractivity (Wildman–Crippen MR) is 210 cm³/mol. The third-order valence-electron chi connectivity index (χ3n) is 8.08. The molecule has 46 heavy (non-hydrogen) atoms. The number of nitrogens with one attached hydrogen (secondary N) is 1. The second-order valence-corrected chi connectivity index (χ2v) is 12.1. The van der Waals surface area contributed by atoms with Gasteiger partial charge in [-0.25, -0.2) is 0 Å². The summed E-state index contributed by atoms with van der Waals surface area (Å²) in [5, 5.41) is 3.60. The van der Waals surface area contributed by atoms with Gasteiger partial charge in [0.25, 0.3) is 0 Å². The fourth-order valence-electron chi connectivity index (χ4n) is 4.61. The highest BCUT2D eigenvalue weighted by Crippen LogP contribution is 2.29. The van der Waals surface area contributed by atoms with Crippen LogP contribution >= 0.6 is 0 Å². The molecule has 1 N–H and O–H groups in total. The van der Waals surface area contributed by atoms with E-state index < -0.39 is 0 Å². The lowest BCUT2D eigenvalue weighted by Gasteiger charge is -2.16. The zero-order chi connectivity index (χ0) is 34.8. The van der Waals surface area contributed by atoms with Crippen molar-refractivity contribution in [3.05, 3.63) is 173 Å². The fraction of sp³-hybridized carbons (Fsp3) is 0.289. The maximum absolute atomic E-state index is 3.94. The maximum Gasteiger partial charge on any atom is 0.0397 e. The Morgan fingerprint density at radius 2 is 1.17 bits per heavy atom. The summed E-state index contributed by atoms with van der Waals surface area (Å²) in [5.41, 5.74) is 17.3. The van der Waals surface area contributed by atoms with Gasteiger partial charge >= 0.3 is 0 Å². The van der Waals surface area contributed by atoms with E-state index in [4.69, 9.17) is 0 Å². The molecular weight excluding hydrogens is 555 g/mol. The predicted octanol–water partition coefficient (Wildman–Crippen LogP) is 13.3. The molecule has 3 aromatic rings. The second-order valence-electron chi connectivity index (χ2n) is 12.1. The van der Waals surface area contributed by atoms with Crippen LogP contribution in [0.15, 0.2) is 139 Å². The van der Waals surface area contributed by atoms with Crippen molar-refractivity contribution in [2.75, 3.05) is 0 Å². The second kappa shape index (κ2) is 20.6. The SMILES string of the molecule is C=C(C)CC.C=C(C)c1ccccc1C(=C)C.C=C/C(C)=C(C)/C(C)=C(\C=C(/C)NCc1cccc(CC)c1)c1ccccc1C. The minimum Gasteiger partial charge on any atom is -0.384 e. The van der Waals surface area contributed by atoms with Gasteiger partial charge < -0.3 is 5.32 Å². The Morgan fingerprint density at radius 1 is 0.674 bits per heavy atom. The van der Waals surface area contributed by atoms with Crippen molar-refractivity contribution in [2.24, 2.45) is 0 Å². The van der Waals surface area contributed by atoms with Crippen molar-refractivity contribution in [1.29, 1.82) is 0 Å². The summed E-state index contributed by atoms with van der Waals surface area (Å²) < 4.78 is 0. The molecule has 0 aliphatic rings. The first kappa shape index (κ1) is 39.7. The van der Waals surface area contributed by atoms with Crippen molar-refractivity contribution >= 4 is 16.7 Å². The Labute approximate surface area is 282 Å². The number of aryl methyl sites for hydroxylation is 2. The Hall–Kier alpha value is -4.36. The van der Waals surface area contributed by atoms with E-state index in [1.54, 1.807) is 0 Å². The van der Waals surface area contributed by atoms with Gasteiger partial charge in [0.1, 0.15) is 0 Å². The van der Waals surface area contributed by atoms with E-state index in [1.165, 1.54) is 61.2 Å². The standard InChI is InChI=1S/C28H35N.C12H14.C5H10/c1-8-20(3)23(6)24(7)28(27-16-11-10-13-21(27)4)17-22(5)29-19-26-15-12-14-25(9-2)18-26;1-9(2)11-7-5-6-8-12(11)10(3)4;1-4-5(2)3/h8,10-18,29H,1,9,19H2,2-7H3;5-8H,1,3H2,2,4H3;2,4H2,1,3H3/b22-17+,23-20+,28-24+;;. The molecule has 0 atom stereocenters. The van der Waals surface area contributed by atoms with Crippen LogP contribution in [0.25, 0.3) is 16.7 Å². The summed E-state index contributed by atoms with van der Waals surface area (Å²) in [6.45, 7) is 37.5. The van der Waals surface area contributed by atoms with Gasteiger partial charge in [0.2, 0.25) is 0 Å². The third kappa shape index (κ3) is 13.3. The first-order valence-corrected chi connectivity index (χ1v) is 16.4. The van der Waals surface area contributed by atoms with Crippen LogP contribution in [0, 0.1) is 6.92 Å². The third-order valence-corrected chi connectivity index (χ3v) is 8.08. The summed E-state index contributed by atoms with van der Waals surface area (Å²) in [7, 11) is 0. The van der Waals surface area contributed by atoms with Crippen LogP contribution < -0.4 is 5.32 Å². The highest BCUT2D eigenvalue weighted by molar-refractivity contribution is 5.81. The zero-order valence-electron chi connectivity index (χ0n) is 30.5. The van der Waals surface area contributed by atoms with Crippen LogP contribution in [-0.4, -0.2) is 0 Å². The van der Waals surface area contributed by atoms with Crippen molar-refractivity contribution in [2.45, 2.75) is 88.6 Å². The van der Waals surface area contributed by atoms with Crippen LogP contribution in [0.3, 0.4) is 0 Å². The van der Waals surface area contributed by atoms with Gasteiger partial charge in [0.15, 0.2) is 0 Å². The van der Waals surface area contributed by atoms with Crippen molar-refractivity contribution in [3.8, 4) is 0 Å². The quantitative estimate of drug-likeness (QED) is 0.168. The summed E-state index contributed by atoms with van der Waals surface area (Å²) in [6, 6.07) is 25.6. The van der Waals surface area contributed by atoms with Crippen LogP contribution in [-0.2, 0) is 13.0 Å². The van der Waals surface area contributed by atoms with Crippen LogP contribution in [0.1, 0.15) is 102 Å². The van der Waals surface area contributed by atoms with Gasteiger partial charge in [-0.1, -0.05) is 129 Å². The number of hydrogen-bond donors (Lipinski definition) is 1. The number of rotatable bonds is 11. The summed E-state index contributed by atoms with van der Waals surface area (Å²) in [4.78, 5) is 0. The van der Waals surface area contributed by atoms with Crippen LogP contribution in [0.2, 0.25) is 0 Å². The molecule has 0 aliphatic carbocycles. The van der Waals surface area contributed by atoms with Gasteiger partial charge in [-0.05, 0) is 130 Å². The average Bonchev–Trinajstić information content (AvgIpc) is 3.06. The van der Waals surface area contributed by atoms with Crippen molar-refractivity contribution in [1.82, 2.24) is 5.32 Å². The normalized spacial score (nSPS) is 11.8. The minimum absolute atomic E-state index is 0.830. The minimum atomic E-state index is 0.830. The molecule has 1 nitrogen and oxygen atoms in total. The number of allylic oxidation sites excluding steroid dienone is 10. The lowest BCUT2D eigenvalue weighted by molar-refractivity contribution is 0.810. The van der Waals surface area contributed by atoms with Gasteiger partial charge in [0, 0.05) is 12.2 Å². The molecule has 0 fully saturated rings. The molecule has 3 rings (SSSR count). The molecule has 3 aromatic carbocycles.